The predicted octanol–water partition coefficient (Wildman–Crippen LogP) is 2.22. The molecule has 25 heavy (non-hydrogen) atoms. The van der Waals surface area contributed by atoms with E-state index >= 15 is 0 Å². The number of carbonyl (C=O) groups is 2. The molecule has 0 bridgehead atoms. The van der Waals surface area contributed by atoms with Crippen LogP contribution >= 0.6 is 0 Å². The number of rotatable bonds is 6. The minimum Gasteiger partial charge on any atom is -0.469 e. The average molecular weight is 345 g/mol. The highest BCUT2D eigenvalue weighted by atomic mass is 16.7. The van der Waals surface area contributed by atoms with Crippen LogP contribution in [0.1, 0.15) is 24.8 Å². The summed E-state index contributed by atoms with van der Waals surface area (Å²) in [7, 11) is 1.36. The lowest BCUT2D eigenvalue weighted by Crippen LogP contribution is -2.38. The zero-order valence-electron chi connectivity index (χ0n) is 14.3. The van der Waals surface area contributed by atoms with Crippen molar-refractivity contribution >= 4 is 11.9 Å². The standard InChI is InChI=1S/C19H23NO5/c1-23-19(22)15(11-20-18(21)14-5-3-2-4-6-14)9-13-7-8-16-17(10-13)25-12-24-16/h2-3,7-8,10,14-15H,4-6,9,11-12H2,1H3,(H,20,21)/t14-,15-/m1/s1. The Hall–Kier alpha value is -2.50. The van der Waals surface area contributed by atoms with E-state index < -0.39 is 5.92 Å². The van der Waals surface area contributed by atoms with Gasteiger partial charge in [0.1, 0.15) is 0 Å². The molecule has 0 saturated carbocycles. The van der Waals surface area contributed by atoms with Crippen molar-refractivity contribution in [3.63, 3.8) is 0 Å². The van der Waals surface area contributed by atoms with E-state index in [-0.39, 0.29) is 31.1 Å². The van der Waals surface area contributed by atoms with Gasteiger partial charge in [0.15, 0.2) is 11.5 Å². The van der Waals surface area contributed by atoms with Crippen LogP contribution < -0.4 is 14.8 Å². The van der Waals surface area contributed by atoms with Crippen LogP contribution in [0.15, 0.2) is 30.4 Å². The van der Waals surface area contributed by atoms with Gasteiger partial charge in [-0.2, -0.15) is 0 Å². The summed E-state index contributed by atoms with van der Waals surface area (Å²) >= 11 is 0. The normalized spacial score (nSPS) is 19.3. The average Bonchev–Trinajstić information content (AvgIpc) is 3.12. The molecule has 0 aromatic heterocycles. The second-order valence-corrected chi connectivity index (χ2v) is 6.34. The second-order valence-electron chi connectivity index (χ2n) is 6.34. The summed E-state index contributed by atoms with van der Waals surface area (Å²) in [6.07, 6.45) is 7.15. The number of amides is 1. The van der Waals surface area contributed by atoms with Gasteiger partial charge in [-0.25, -0.2) is 0 Å². The highest BCUT2D eigenvalue weighted by Gasteiger charge is 2.24. The van der Waals surface area contributed by atoms with E-state index in [9.17, 15) is 9.59 Å². The first kappa shape index (κ1) is 17.3. The molecule has 3 rings (SSSR count). The summed E-state index contributed by atoms with van der Waals surface area (Å²) in [6, 6.07) is 5.60. The first-order chi connectivity index (χ1) is 12.2. The smallest absolute Gasteiger partial charge is 0.310 e. The molecule has 1 N–H and O–H groups in total. The number of benzene rings is 1. The third-order valence-electron chi connectivity index (χ3n) is 4.62. The van der Waals surface area contributed by atoms with E-state index in [4.69, 9.17) is 14.2 Å². The summed E-state index contributed by atoms with van der Waals surface area (Å²) in [6.45, 7) is 0.477. The van der Waals surface area contributed by atoms with E-state index in [2.05, 4.69) is 11.4 Å². The third-order valence-corrected chi connectivity index (χ3v) is 4.62. The van der Waals surface area contributed by atoms with Crippen LogP contribution in [0.2, 0.25) is 0 Å². The molecule has 0 saturated heterocycles. The maximum Gasteiger partial charge on any atom is 0.310 e. The van der Waals surface area contributed by atoms with Crippen molar-refractivity contribution in [2.45, 2.75) is 25.7 Å². The fourth-order valence-corrected chi connectivity index (χ4v) is 3.16. The molecule has 1 aliphatic carbocycles. The van der Waals surface area contributed by atoms with Gasteiger partial charge in [-0.3, -0.25) is 9.59 Å². The van der Waals surface area contributed by atoms with Gasteiger partial charge in [0.05, 0.1) is 13.0 Å². The lowest BCUT2D eigenvalue weighted by Gasteiger charge is -2.20. The van der Waals surface area contributed by atoms with Gasteiger partial charge in [-0.15, -0.1) is 0 Å². The maximum atomic E-state index is 12.3. The van der Waals surface area contributed by atoms with Gasteiger partial charge < -0.3 is 19.5 Å². The Balaban J connectivity index is 1.60. The number of methoxy groups -OCH3 is 1. The zero-order chi connectivity index (χ0) is 17.6. The van der Waals surface area contributed by atoms with Crippen molar-refractivity contribution in [2.75, 3.05) is 20.4 Å². The van der Waals surface area contributed by atoms with E-state index in [1.807, 2.05) is 24.3 Å². The molecule has 0 radical (unpaired) electrons. The number of hydrogen-bond donors (Lipinski definition) is 1. The third kappa shape index (κ3) is 4.32. The van der Waals surface area contributed by atoms with Crippen molar-refractivity contribution in [1.29, 1.82) is 0 Å². The quantitative estimate of drug-likeness (QED) is 0.632. The first-order valence-electron chi connectivity index (χ1n) is 8.56. The summed E-state index contributed by atoms with van der Waals surface area (Å²) in [5, 5.41) is 2.91. The van der Waals surface area contributed by atoms with Crippen LogP contribution in [-0.4, -0.2) is 32.3 Å². The van der Waals surface area contributed by atoms with Gasteiger partial charge in [-0.1, -0.05) is 18.2 Å². The Bertz CT molecular complexity index is 670. The van der Waals surface area contributed by atoms with Gasteiger partial charge in [0.2, 0.25) is 12.7 Å². The van der Waals surface area contributed by atoms with Crippen molar-refractivity contribution in [3.8, 4) is 11.5 Å². The number of hydrogen-bond acceptors (Lipinski definition) is 5. The molecule has 1 aliphatic heterocycles. The molecule has 2 atom stereocenters. The fourth-order valence-electron chi connectivity index (χ4n) is 3.16. The molecule has 6 heteroatoms. The molecule has 6 nitrogen and oxygen atoms in total. The van der Waals surface area contributed by atoms with Crippen LogP contribution in [0.25, 0.3) is 0 Å². The minimum atomic E-state index is -0.437. The molecule has 0 fully saturated rings. The fraction of sp³-hybridized carbons (Fsp3) is 0.474. The molecular weight excluding hydrogens is 322 g/mol. The van der Waals surface area contributed by atoms with E-state index in [0.29, 0.717) is 17.9 Å². The topological polar surface area (TPSA) is 73.9 Å². The van der Waals surface area contributed by atoms with Crippen LogP contribution in [0.5, 0.6) is 11.5 Å². The number of ether oxygens (including phenoxy) is 3. The van der Waals surface area contributed by atoms with Gasteiger partial charge in [0.25, 0.3) is 0 Å². The Morgan fingerprint density at radius 3 is 2.88 bits per heavy atom. The Morgan fingerprint density at radius 1 is 1.28 bits per heavy atom. The Morgan fingerprint density at radius 2 is 2.12 bits per heavy atom. The van der Waals surface area contributed by atoms with Gasteiger partial charge in [0, 0.05) is 12.5 Å². The molecule has 1 amide bonds. The Labute approximate surface area is 147 Å². The van der Waals surface area contributed by atoms with E-state index in [0.717, 1.165) is 24.8 Å². The number of nitrogens with one attached hydrogen (secondary N) is 1. The molecule has 1 aromatic rings. The maximum absolute atomic E-state index is 12.3. The summed E-state index contributed by atoms with van der Waals surface area (Å²) < 4.78 is 15.6. The minimum absolute atomic E-state index is 0.00365. The molecule has 0 spiro atoms. The Kier molecular flexibility index (Phi) is 5.58. The van der Waals surface area contributed by atoms with Gasteiger partial charge >= 0.3 is 5.97 Å². The lowest BCUT2D eigenvalue weighted by atomic mass is 9.93. The number of fused-ring (bicyclic) bond motifs is 1. The monoisotopic (exact) mass is 345 g/mol. The summed E-state index contributed by atoms with van der Waals surface area (Å²) in [4.78, 5) is 24.4. The first-order valence-corrected chi connectivity index (χ1v) is 8.56. The van der Waals surface area contributed by atoms with Crippen molar-refractivity contribution in [2.24, 2.45) is 11.8 Å². The number of allylic oxidation sites excluding steroid dienone is 2. The number of carbonyl (C=O) groups excluding carboxylic acids is 2. The largest absolute Gasteiger partial charge is 0.469 e. The van der Waals surface area contributed by atoms with Crippen molar-refractivity contribution in [1.82, 2.24) is 5.32 Å². The zero-order valence-corrected chi connectivity index (χ0v) is 14.3. The van der Waals surface area contributed by atoms with Crippen LogP contribution in [0.4, 0.5) is 0 Å². The second kappa shape index (κ2) is 8.05. The van der Waals surface area contributed by atoms with Crippen LogP contribution in [0, 0.1) is 11.8 Å². The molecule has 1 heterocycles. The SMILES string of the molecule is COC(=O)[C@@H](CNC(=O)[C@@H]1CC=CCC1)Cc1ccc2c(c1)OCO2. The van der Waals surface area contributed by atoms with Crippen LogP contribution in [0.3, 0.4) is 0 Å². The predicted molar refractivity (Wildman–Crippen MR) is 91.3 cm³/mol. The molecule has 1 aromatic carbocycles. The highest BCUT2D eigenvalue weighted by Crippen LogP contribution is 2.33. The molecule has 2 aliphatic rings. The van der Waals surface area contributed by atoms with E-state index in [1.165, 1.54) is 7.11 Å². The molecular formula is C19H23NO5. The van der Waals surface area contributed by atoms with Crippen LogP contribution in [-0.2, 0) is 20.7 Å². The van der Waals surface area contributed by atoms with Crippen molar-refractivity contribution < 1.29 is 23.8 Å². The highest BCUT2D eigenvalue weighted by molar-refractivity contribution is 5.80. The molecule has 0 unspecified atom stereocenters. The summed E-state index contributed by atoms with van der Waals surface area (Å²) in [5.41, 5.74) is 0.939. The summed E-state index contributed by atoms with van der Waals surface area (Å²) in [5.74, 6) is 0.615. The van der Waals surface area contributed by atoms with Crippen molar-refractivity contribution in [3.05, 3.63) is 35.9 Å². The van der Waals surface area contributed by atoms with E-state index in [1.54, 1.807) is 0 Å². The lowest BCUT2D eigenvalue weighted by molar-refractivity contribution is -0.145. The molecule has 134 valence electrons. The van der Waals surface area contributed by atoms with Gasteiger partial charge in [-0.05, 0) is 43.4 Å². The number of esters is 1.